The lowest BCUT2D eigenvalue weighted by atomic mass is 10.1. The van der Waals surface area contributed by atoms with E-state index in [2.05, 4.69) is 10.3 Å². The van der Waals surface area contributed by atoms with Crippen LogP contribution in [0.25, 0.3) is 0 Å². The molecule has 1 heterocycles. The molecule has 0 spiro atoms. The largest absolute Gasteiger partial charge is 0.481 e. The lowest BCUT2D eigenvalue weighted by Crippen LogP contribution is -2.07. The summed E-state index contributed by atoms with van der Waals surface area (Å²) in [7, 11) is 0. The van der Waals surface area contributed by atoms with Crippen molar-refractivity contribution in [1.82, 2.24) is 4.98 Å². The number of nitrogens with one attached hydrogen (secondary N) is 1. The third-order valence-corrected chi connectivity index (χ3v) is 2.80. The van der Waals surface area contributed by atoms with Gasteiger partial charge in [-0.05, 0) is 30.2 Å². The fraction of sp³-hybridized carbons (Fsp3) is 0.188. The van der Waals surface area contributed by atoms with Crippen LogP contribution in [0.15, 0.2) is 42.6 Å². The first-order chi connectivity index (χ1) is 10.5. The fourth-order valence-electron chi connectivity index (χ4n) is 1.88. The number of pyridine rings is 1. The molecule has 2 aromatic rings. The summed E-state index contributed by atoms with van der Waals surface area (Å²) >= 11 is 0. The Balaban J connectivity index is 2.08. The second-order valence-corrected chi connectivity index (χ2v) is 4.70. The molecule has 0 fully saturated rings. The number of nitrogens with zero attached hydrogens (tertiary/aromatic N) is 1. The van der Waals surface area contributed by atoms with Crippen LogP contribution in [0.4, 0.5) is 5.82 Å². The number of carbonyl (C=O) groups excluding carboxylic acids is 1. The summed E-state index contributed by atoms with van der Waals surface area (Å²) in [5.74, 6) is 0.504. The van der Waals surface area contributed by atoms with Gasteiger partial charge in [0.05, 0.1) is 0 Å². The topological polar surface area (TPSA) is 88.5 Å². The second kappa shape index (κ2) is 7.21. The van der Waals surface area contributed by atoms with Crippen LogP contribution < -0.4 is 10.1 Å². The van der Waals surface area contributed by atoms with Crippen LogP contribution in [0, 0.1) is 0 Å². The Morgan fingerprint density at radius 3 is 2.73 bits per heavy atom. The molecule has 0 saturated carbocycles. The molecule has 0 atom stereocenters. The van der Waals surface area contributed by atoms with Crippen molar-refractivity contribution in [3.8, 4) is 11.5 Å². The highest BCUT2D eigenvalue weighted by molar-refractivity contribution is 5.87. The number of aromatic nitrogens is 1. The fourth-order valence-corrected chi connectivity index (χ4v) is 1.88. The first-order valence-corrected chi connectivity index (χ1v) is 6.75. The van der Waals surface area contributed by atoms with Gasteiger partial charge in [-0.2, -0.15) is 0 Å². The van der Waals surface area contributed by atoms with E-state index >= 15 is 0 Å². The van der Waals surface area contributed by atoms with Crippen LogP contribution in [0.3, 0.4) is 0 Å². The van der Waals surface area contributed by atoms with Crippen LogP contribution in [-0.4, -0.2) is 22.0 Å². The molecule has 2 rings (SSSR count). The molecular formula is C16H16N2O4. The molecule has 0 aliphatic heterocycles. The van der Waals surface area contributed by atoms with Gasteiger partial charge in [-0.1, -0.05) is 12.1 Å². The summed E-state index contributed by atoms with van der Waals surface area (Å²) < 4.78 is 5.71. The van der Waals surface area contributed by atoms with E-state index in [0.717, 1.165) is 5.56 Å². The van der Waals surface area contributed by atoms with E-state index in [1.807, 2.05) is 12.1 Å². The predicted octanol–water partition coefficient (Wildman–Crippen LogP) is 2.85. The summed E-state index contributed by atoms with van der Waals surface area (Å²) in [6.07, 6.45) is 2.06. The van der Waals surface area contributed by atoms with Gasteiger partial charge in [0, 0.05) is 25.6 Å². The van der Waals surface area contributed by atoms with Gasteiger partial charge >= 0.3 is 5.97 Å². The Kier molecular flexibility index (Phi) is 5.08. The van der Waals surface area contributed by atoms with Gasteiger partial charge in [-0.25, -0.2) is 4.98 Å². The van der Waals surface area contributed by atoms with Crippen molar-refractivity contribution in [3.05, 3.63) is 48.2 Å². The standard InChI is InChI=1S/C16H16N2O4/c1-11(19)18-15-10-14(7-8-17-15)22-13-4-2-3-12(9-13)5-6-16(20)21/h2-4,7-10H,5-6H2,1H3,(H,20,21)(H,17,18,19). The molecule has 0 aliphatic carbocycles. The first kappa shape index (κ1) is 15.5. The van der Waals surface area contributed by atoms with Crippen molar-refractivity contribution in [2.45, 2.75) is 19.8 Å². The number of amides is 1. The minimum absolute atomic E-state index is 0.0748. The van der Waals surface area contributed by atoms with Gasteiger partial charge in [-0.3, -0.25) is 9.59 Å². The Morgan fingerprint density at radius 1 is 1.23 bits per heavy atom. The molecule has 22 heavy (non-hydrogen) atoms. The Morgan fingerprint density at radius 2 is 2.00 bits per heavy atom. The highest BCUT2D eigenvalue weighted by Gasteiger charge is 2.04. The number of hydrogen-bond acceptors (Lipinski definition) is 4. The van der Waals surface area contributed by atoms with Crippen LogP contribution in [-0.2, 0) is 16.0 Å². The van der Waals surface area contributed by atoms with Crippen LogP contribution in [0.1, 0.15) is 18.9 Å². The van der Waals surface area contributed by atoms with E-state index in [0.29, 0.717) is 23.7 Å². The van der Waals surface area contributed by atoms with E-state index in [1.165, 1.54) is 13.1 Å². The molecule has 1 aromatic carbocycles. The molecule has 114 valence electrons. The number of carbonyl (C=O) groups is 2. The monoisotopic (exact) mass is 300 g/mol. The summed E-state index contributed by atoms with van der Waals surface area (Å²) in [6.45, 7) is 1.40. The van der Waals surface area contributed by atoms with E-state index < -0.39 is 5.97 Å². The normalized spacial score (nSPS) is 10.0. The number of benzene rings is 1. The predicted molar refractivity (Wildman–Crippen MR) is 81.0 cm³/mol. The highest BCUT2D eigenvalue weighted by Crippen LogP contribution is 2.24. The number of aliphatic carboxylic acids is 1. The highest BCUT2D eigenvalue weighted by atomic mass is 16.5. The average molecular weight is 300 g/mol. The van der Waals surface area contributed by atoms with E-state index in [9.17, 15) is 9.59 Å². The van der Waals surface area contributed by atoms with Gasteiger partial charge in [-0.15, -0.1) is 0 Å². The number of carboxylic acid groups (broad SMARTS) is 1. The van der Waals surface area contributed by atoms with E-state index in [-0.39, 0.29) is 12.3 Å². The summed E-state index contributed by atoms with van der Waals surface area (Å²) in [5.41, 5.74) is 0.885. The van der Waals surface area contributed by atoms with E-state index in [1.54, 1.807) is 24.3 Å². The van der Waals surface area contributed by atoms with Crippen molar-refractivity contribution in [3.63, 3.8) is 0 Å². The third-order valence-electron chi connectivity index (χ3n) is 2.80. The minimum atomic E-state index is -0.833. The quantitative estimate of drug-likeness (QED) is 0.856. The number of ether oxygens (including phenoxy) is 1. The lowest BCUT2D eigenvalue weighted by Gasteiger charge is -2.08. The Bertz CT molecular complexity index is 685. The van der Waals surface area contributed by atoms with Gasteiger partial charge in [0.1, 0.15) is 17.3 Å². The molecule has 0 bridgehead atoms. The van der Waals surface area contributed by atoms with Crippen molar-refractivity contribution in [1.29, 1.82) is 0 Å². The maximum Gasteiger partial charge on any atom is 0.303 e. The zero-order valence-electron chi connectivity index (χ0n) is 12.1. The van der Waals surface area contributed by atoms with Crippen molar-refractivity contribution >= 4 is 17.7 Å². The Hall–Kier alpha value is -2.89. The smallest absolute Gasteiger partial charge is 0.303 e. The zero-order chi connectivity index (χ0) is 15.9. The molecular weight excluding hydrogens is 284 g/mol. The third kappa shape index (κ3) is 4.90. The molecule has 1 aromatic heterocycles. The van der Waals surface area contributed by atoms with Gasteiger partial charge in [0.25, 0.3) is 0 Å². The SMILES string of the molecule is CC(=O)Nc1cc(Oc2cccc(CCC(=O)O)c2)ccn1. The molecule has 0 aliphatic rings. The van der Waals surface area contributed by atoms with Crippen LogP contribution in [0.2, 0.25) is 0 Å². The number of carboxylic acids is 1. The van der Waals surface area contributed by atoms with Crippen molar-refractivity contribution in [2.24, 2.45) is 0 Å². The molecule has 6 nitrogen and oxygen atoms in total. The number of anilines is 1. The van der Waals surface area contributed by atoms with Gasteiger partial charge in [0.15, 0.2) is 0 Å². The maximum absolute atomic E-state index is 11.0. The zero-order valence-corrected chi connectivity index (χ0v) is 12.1. The molecule has 0 saturated heterocycles. The van der Waals surface area contributed by atoms with Crippen molar-refractivity contribution < 1.29 is 19.4 Å². The minimum Gasteiger partial charge on any atom is -0.481 e. The van der Waals surface area contributed by atoms with E-state index in [4.69, 9.17) is 9.84 Å². The molecule has 1 amide bonds. The summed E-state index contributed by atoms with van der Waals surface area (Å²) in [4.78, 5) is 25.6. The lowest BCUT2D eigenvalue weighted by molar-refractivity contribution is -0.137. The number of aryl methyl sites for hydroxylation is 1. The molecule has 6 heteroatoms. The second-order valence-electron chi connectivity index (χ2n) is 4.70. The van der Waals surface area contributed by atoms with Gasteiger partial charge in [0.2, 0.25) is 5.91 Å². The molecule has 0 radical (unpaired) electrons. The summed E-state index contributed by atoms with van der Waals surface area (Å²) in [6, 6.07) is 10.5. The number of hydrogen-bond donors (Lipinski definition) is 2. The van der Waals surface area contributed by atoms with Crippen LogP contribution in [0.5, 0.6) is 11.5 Å². The van der Waals surface area contributed by atoms with Gasteiger partial charge < -0.3 is 15.2 Å². The average Bonchev–Trinajstić information content (AvgIpc) is 2.45. The molecule has 0 unspecified atom stereocenters. The Labute approximate surface area is 127 Å². The first-order valence-electron chi connectivity index (χ1n) is 6.75. The number of rotatable bonds is 6. The van der Waals surface area contributed by atoms with Crippen LogP contribution >= 0.6 is 0 Å². The summed E-state index contributed by atoms with van der Waals surface area (Å²) in [5, 5.41) is 11.3. The maximum atomic E-state index is 11.0. The van der Waals surface area contributed by atoms with Crippen molar-refractivity contribution in [2.75, 3.05) is 5.32 Å². The molecule has 2 N–H and O–H groups in total.